The largest absolute Gasteiger partial charge is 0.573 e. The first-order chi connectivity index (χ1) is 8.87. The van der Waals surface area contributed by atoms with Crippen molar-refractivity contribution in [2.45, 2.75) is 13.3 Å². The van der Waals surface area contributed by atoms with Gasteiger partial charge in [0.15, 0.2) is 0 Å². The van der Waals surface area contributed by atoms with Gasteiger partial charge >= 0.3 is 6.36 Å². The van der Waals surface area contributed by atoms with Gasteiger partial charge in [-0.1, -0.05) is 18.2 Å². The number of aryl methyl sites for hydroxylation is 1. The van der Waals surface area contributed by atoms with Crippen molar-refractivity contribution in [1.82, 2.24) is 4.98 Å². The van der Waals surface area contributed by atoms with Gasteiger partial charge < -0.3 is 9.72 Å². The van der Waals surface area contributed by atoms with Crippen LogP contribution in [0.5, 0.6) is 5.75 Å². The van der Waals surface area contributed by atoms with E-state index in [4.69, 9.17) is 0 Å². The Kier molecular flexibility index (Phi) is 3.33. The van der Waals surface area contributed by atoms with E-state index in [1.165, 1.54) is 30.3 Å². The highest BCUT2D eigenvalue weighted by Crippen LogP contribution is 2.34. The Hall–Kier alpha value is -2.24. The predicted octanol–water partition coefficient (Wildman–Crippen LogP) is 3.25. The number of rotatable bonds is 2. The second kappa shape index (κ2) is 4.79. The molecule has 1 aromatic carbocycles. The van der Waals surface area contributed by atoms with E-state index >= 15 is 0 Å². The number of halogens is 3. The van der Waals surface area contributed by atoms with Gasteiger partial charge in [-0.2, -0.15) is 0 Å². The van der Waals surface area contributed by atoms with Crippen LogP contribution in [0.1, 0.15) is 5.69 Å². The molecule has 0 radical (unpaired) electrons. The zero-order valence-corrected chi connectivity index (χ0v) is 9.91. The molecule has 0 amide bonds. The highest BCUT2D eigenvalue weighted by molar-refractivity contribution is 5.72. The maximum absolute atomic E-state index is 12.3. The second-order valence-electron chi connectivity index (χ2n) is 3.91. The molecule has 1 N–H and O–H groups in total. The van der Waals surface area contributed by atoms with E-state index in [-0.39, 0.29) is 16.9 Å². The number of aromatic amines is 1. The number of ether oxygens (including phenoxy) is 1. The highest BCUT2D eigenvalue weighted by atomic mass is 19.4. The number of benzene rings is 1. The van der Waals surface area contributed by atoms with Crippen LogP contribution >= 0.6 is 0 Å². The van der Waals surface area contributed by atoms with Gasteiger partial charge in [0.25, 0.3) is 0 Å². The van der Waals surface area contributed by atoms with Gasteiger partial charge in [-0.25, -0.2) is 0 Å². The molecule has 2 aromatic rings. The molecule has 0 aliphatic heterocycles. The Bertz CT molecular complexity index is 647. The summed E-state index contributed by atoms with van der Waals surface area (Å²) >= 11 is 0. The van der Waals surface area contributed by atoms with Gasteiger partial charge in [0.05, 0.1) is 0 Å². The average molecular weight is 269 g/mol. The first-order valence-corrected chi connectivity index (χ1v) is 5.42. The number of hydrogen-bond donors (Lipinski definition) is 1. The summed E-state index contributed by atoms with van der Waals surface area (Å²) < 4.78 is 40.9. The third-order valence-corrected chi connectivity index (χ3v) is 2.52. The molecule has 0 spiro atoms. The molecule has 19 heavy (non-hydrogen) atoms. The summed E-state index contributed by atoms with van der Waals surface area (Å²) in [6, 6.07) is 8.50. The van der Waals surface area contributed by atoms with Crippen molar-refractivity contribution in [3.8, 4) is 16.9 Å². The SMILES string of the molecule is Cc1[nH]c(=O)ccc1-c1ccccc1OC(F)(F)F. The molecule has 0 saturated carbocycles. The topological polar surface area (TPSA) is 42.1 Å². The third kappa shape index (κ3) is 3.15. The summed E-state index contributed by atoms with van der Waals surface area (Å²) in [5, 5.41) is 0. The van der Waals surface area contributed by atoms with Crippen molar-refractivity contribution in [2.75, 3.05) is 0 Å². The van der Waals surface area contributed by atoms with E-state index in [0.717, 1.165) is 0 Å². The van der Waals surface area contributed by atoms with Crippen LogP contribution < -0.4 is 10.3 Å². The van der Waals surface area contributed by atoms with E-state index in [1.54, 1.807) is 13.0 Å². The smallest absolute Gasteiger partial charge is 0.405 e. The fourth-order valence-electron chi connectivity index (χ4n) is 1.77. The number of pyridine rings is 1. The highest BCUT2D eigenvalue weighted by Gasteiger charge is 2.32. The molecule has 0 unspecified atom stereocenters. The fourth-order valence-corrected chi connectivity index (χ4v) is 1.77. The molecule has 0 atom stereocenters. The minimum atomic E-state index is -4.76. The standard InChI is InChI=1S/C13H10F3NO2/c1-8-9(6-7-12(18)17-8)10-4-2-3-5-11(10)19-13(14,15)16/h2-7H,1H3,(H,17,18). The quantitative estimate of drug-likeness (QED) is 0.909. The Morgan fingerprint density at radius 2 is 1.74 bits per heavy atom. The zero-order valence-electron chi connectivity index (χ0n) is 9.91. The summed E-state index contributed by atoms with van der Waals surface area (Å²) in [5.41, 5.74) is 0.925. The molecular weight excluding hydrogens is 259 g/mol. The van der Waals surface area contributed by atoms with Crippen LogP contribution in [0.2, 0.25) is 0 Å². The van der Waals surface area contributed by atoms with Crippen molar-refractivity contribution in [3.63, 3.8) is 0 Å². The van der Waals surface area contributed by atoms with Crippen molar-refractivity contribution < 1.29 is 17.9 Å². The van der Waals surface area contributed by atoms with E-state index in [9.17, 15) is 18.0 Å². The monoisotopic (exact) mass is 269 g/mol. The lowest BCUT2D eigenvalue weighted by Crippen LogP contribution is -2.17. The van der Waals surface area contributed by atoms with Crippen molar-refractivity contribution >= 4 is 0 Å². The summed E-state index contributed by atoms with van der Waals surface area (Å²) in [7, 11) is 0. The molecule has 3 nitrogen and oxygen atoms in total. The lowest BCUT2D eigenvalue weighted by Gasteiger charge is -2.14. The van der Waals surface area contributed by atoms with E-state index < -0.39 is 6.36 Å². The lowest BCUT2D eigenvalue weighted by atomic mass is 10.0. The van der Waals surface area contributed by atoms with Crippen LogP contribution in [-0.2, 0) is 0 Å². The Morgan fingerprint density at radius 1 is 1.05 bits per heavy atom. The molecule has 100 valence electrons. The minimum absolute atomic E-state index is 0.272. The predicted molar refractivity (Wildman–Crippen MR) is 63.9 cm³/mol. The van der Waals surface area contributed by atoms with Crippen molar-refractivity contribution in [1.29, 1.82) is 0 Å². The molecule has 0 bridgehead atoms. The number of H-pyrrole nitrogens is 1. The van der Waals surface area contributed by atoms with Crippen LogP contribution in [0.4, 0.5) is 13.2 Å². The fraction of sp³-hybridized carbons (Fsp3) is 0.154. The first-order valence-electron chi connectivity index (χ1n) is 5.42. The average Bonchev–Trinajstić information content (AvgIpc) is 2.28. The van der Waals surface area contributed by atoms with E-state index in [1.807, 2.05) is 0 Å². The van der Waals surface area contributed by atoms with Gasteiger partial charge in [0.2, 0.25) is 5.56 Å². The van der Waals surface area contributed by atoms with Crippen LogP contribution in [0.3, 0.4) is 0 Å². The van der Waals surface area contributed by atoms with Crippen LogP contribution in [0, 0.1) is 6.92 Å². The minimum Gasteiger partial charge on any atom is -0.405 e. The summed E-state index contributed by atoms with van der Waals surface area (Å²) in [5.74, 6) is -0.301. The summed E-state index contributed by atoms with van der Waals surface area (Å²) in [6.07, 6.45) is -4.76. The normalized spacial score (nSPS) is 11.4. The van der Waals surface area contributed by atoms with Crippen LogP contribution in [-0.4, -0.2) is 11.3 Å². The van der Waals surface area contributed by atoms with Gasteiger partial charge in [0.1, 0.15) is 5.75 Å². The molecule has 0 aliphatic carbocycles. The lowest BCUT2D eigenvalue weighted by molar-refractivity contribution is -0.274. The van der Waals surface area contributed by atoms with E-state index in [2.05, 4.69) is 9.72 Å². The molecule has 0 saturated heterocycles. The van der Waals surface area contributed by atoms with Gasteiger partial charge in [0, 0.05) is 22.9 Å². The molecule has 2 rings (SSSR count). The van der Waals surface area contributed by atoms with Gasteiger partial charge in [-0.05, 0) is 19.1 Å². The van der Waals surface area contributed by atoms with E-state index in [0.29, 0.717) is 11.3 Å². The zero-order chi connectivity index (χ0) is 14.0. The number of hydrogen-bond acceptors (Lipinski definition) is 2. The first kappa shape index (κ1) is 13.2. The van der Waals surface area contributed by atoms with Crippen LogP contribution in [0.15, 0.2) is 41.2 Å². The molecule has 1 heterocycles. The third-order valence-electron chi connectivity index (χ3n) is 2.52. The number of para-hydroxylation sites is 1. The molecule has 6 heteroatoms. The van der Waals surface area contributed by atoms with Gasteiger partial charge in [-0.15, -0.1) is 13.2 Å². The maximum atomic E-state index is 12.3. The number of alkyl halides is 3. The molecular formula is C13H10F3NO2. The number of aromatic nitrogens is 1. The summed E-state index contributed by atoms with van der Waals surface area (Å²) in [6.45, 7) is 1.61. The Balaban J connectivity index is 2.53. The second-order valence-corrected chi connectivity index (χ2v) is 3.91. The Morgan fingerprint density at radius 3 is 2.37 bits per heavy atom. The summed E-state index contributed by atoms with van der Waals surface area (Å²) in [4.78, 5) is 13.7. The van der Waals surface area contributed by atoms with Crippen LogP contribution in [0.25, 0.3) is 11.1 Å². The van der Waals surface area contributed by atoms with Crippen molar-refractivity contribution in [3.05, 3.63) is 52.4 Å². The molecule has 0 aliphatic rings. The van der Waals surface area contributed by atoms with Crippen molar-refractivity contribution in [2.24, 2.45) is 0 Å². The van der Waals surface area contributed by atoms with Gasteiger partial charge in [-0.3, -0.25) is 4.79 Å². The molecule has 1 aromatic heterocycles. The Labute approximate surface area is 106 Å². The number of nitrogens with one attached hydrogen (secondary N) is 1. The molecule has 0 fully saturated rings. The maximum Gasteiger partial charge on any atom is 0.573 e.